The van der Waals surface area contributed by atoms with E-state index in [1.807, 2.05) is 13.0 Å². The molecular weight excluding hydrogens is 165 g/mol. The van der Waals surface area contributed by atoms with Gasteiger partial charge in [-0.2, -0.15) is 0 Å². The lowest BCUT2D eigenvalue weighted by Crippen LogP contribution is -2.12. The molecule has 1 aromatic rings. The van der Waals surface area contributed by atoms with E-state index in [1.54, 1.807) is 19.1 Å². The number of rotatable bonds is 3. The Kier molecular flexibility index (Phi) is 3.07. The average Bonchev–Trinajstić information content (AvgIpc) is 2.13. The van der Waals surface area contributed by atoms with Crippen LogP contribution in [0.2, 0.25) is 0 Å². The maximum Gasteiger partial charge on any atom is 0.128 e. The van der Waals surface area contributed by atoms with Crippen LogP contribution in [-0.4, -0.2) is 6.04 Å². The summed E-state index contributed by atoms with van der Waals surface area (Å²) in [5.74, 6) is -0.179. The highest BCUT2D eigenvalue weighted by Crippen LogP contribution is 2.18. The van der Waals surface area contributed by atoms with Crippen molar-refractivity contribution in [3.05, 3.63) is 42.2 Å². The number of halogens is 1. The van der Waals surface area contributed by atoms with E-state index < -0.39 is 0 Å². The van der Waals surface area contributed by atoms with Crippen LogP contribution in [0.1, 0.15) is 12.5 Å². The van der Waals surface area contributed by atoms with Crippen molar-refractivity contribution >= 4 is 5.69 Å². The van der Waals surface area contributed by atoms with Crippen LogP contribution in [0.15, 0.2) is 30.9 Å². The summed E-state index contributed by atoms with van der Waals surface area (Å²) in [5.41, 5.74) is 1.48. The SMILES string of the molecule is C=CC(C)Nc1cccc(F)c1C. The van der Waals surface area contributed by atoms with E-state index >= 15 is 0 Å². The van der Waals surface area contributed by atoms with Crippen molar-refractivity contribution in [1.82, 2.24) is 0 Å². The zero-order valence-electron chi connectivity index (χ0n) is 7.97. The van der Waals surface area contributed by atoms with E-state index in [1.165, 1.54) is 6.07 Å². The fraction of sp³-hybridized carbons (Fsp3) is 0.273. The number of hydrogen-bond acceptors (Lipinski definition) is 1. The maximum atomic E-state index is 13.1. The summed E-state index contributed by atoms with van der Waals surface area (Å²) in [4.78, 5) is 0. The molecule has 0 aliphatic rings. The van der Waals surface area contributed by atoms with Crippen LogP contribution in [0.25, 0.3) is 0 Å². The number of hydrogen-bond donors (Lipinski definition) is 1. The van der Waals surface area contributed by atoms with Crippen LogP contribution in [0.5, 0.6) is 0 Å². The van der Waals surface area contributed by atoms with E-state index in [0.717, 1.165) is 5.69 Å². The lowest BCUT2D eigenvalue weighted by Gasteiger charge is -2.13. The maximum absolute atomic E-state index is 13.1. The fourth-order valence-electron chi connectivity index (χ4n) is 1.07. The van der Waals surface area contributed by atoms with Crippen molar-refractivity contribution in [2.24, 2.45) is 0 Å². The molecule has 0 aliphatic carbocycles. The zero-order chi connectivity index (χ0) is 9.84. The molecule has 1 unspecified atom stereocenters. The first kappa shape index (κ1) is 9.78. The Bertz CT molecular complexity index is 307. The Labute approximate surface area is 78.3 Å². The zero-order valence-corrected chi connectivity index (χ0v) is 7.97. The van der Waals surface area contributed by atoms with Gasteiger partial charge in [-0.1, -0.05) is 12.1 Å². The molecule has 13 heavy (non-hydrogen) atoms. The molecule has 1 atom stereocenters. The standard InChI is InChI=1S/C11H14FN/c1-4-8(2)13-11-7-5-6-10(12)9(11)3/h4-8,13H,1H2,2-3H3. The normalized spacial score (nSPS) is 12.2. The van der Waals surface area contributed by atoms with Gasteiger partial charge in [0.05, 0.1) is 0 Å². The molecule has 1 aromatic carbocycles. The molecule has 70 valence electrons. The van der Waals surface area contributed by atoms with Gasteiger partial charge < -0.3 is 5.32 Å². The molecule has 1 rings (SSSR count). The van der Waals surface area contributed by atoms with Gasteiger partial charge in [0.15, 0.2) is 0 Å². The van der Waals surface area contributed by atoms with Crippen molar-refractivity contribution in [2.45, 2.75) is 19.9 Å². The van der Waals surface area contributed by atoms with Crippen LogP contribution >= 0.6 is 0 Å². The first-order valence-electron chi connectivity index (χ1n) is 4.29. The minimum absolute atomic E-state index is 0.153. The highest BCUT2D eigenvalue weighted by atomic mass is 19.1. The predicted octanol–water partition coefficient (Wildman–Crippen LogP) is 3.12. The highest BCUT2D eigenvalue weighted by Gasteiger charge is 2.03. The van der Waals surface area contributed by atoms with Gasteiger partial charge >= 0.3 is 0 Å². The summed E-state index contributed by atoms with van der Waals surface area (Å²) in [5, 5.41) is 3.14. The number of benzene rings is 1. The largest absolute Gasteiger partial charge is 0.379 e. The van der Waals surface area contributed by atoms with Crippen LogP contribution in [-0.2, 0) is 0 Å². The molecule has 0 aromatic heterocycles. The third kappa shape index (κ3) is 2.31. The van der Waals surface area contributed by atoms with Gasteiger partial charge in [-0.05, 0) is 26.0 Å². The third-order valence-corrected chi connectivity index (χ3v) is 2.00. The lowest BCUT2D eigenvalue weighted by molar-refractivity contribution is 0.619. The molecule has 0 radical (unpaired) electrons. The van der Waals surface area contributed by atoms with Gasteiger partial charge in [0.2, 0.25) is 0 Å². The van der Waals surface area contributed by atoms with E-state index in [0.29, 0.717) is 5.56 Å². The van der Waals surface area contributed by atoms with Crippen LogP contribution < -0.4 is 5.32 Å². The second kappa shape index (κ2) is 4.08. The van der Waals surface area contributed by atoms with Gasteiger partial charge in [-0.3, -0.25) is 0 Å². The van der Waals surface area contributed by atoms with Crippen molar-refractivity contribution in [3.8, 4) is 0 Å². The van der Waals surface area contributed by atoms with Crippen molar-refractivity contribution in [3.63, 3.8) is 0 Å². The Hall–Kier alpha value is -1.31. The molecule has 0 bridgehead atoms. The minimum Gasteiger partial charge on any atom is -0.379 e. The van der Waals surface area contributed by atoms with E-state index in [9.17, 15) is 4.39 Å². The minimum atomic E-state index is -0.179. The molecule has 0 amide bonds. The smallest absolute Gasteiger partial charge is 0.128 e. The summed E-state index contributed by atoms with van der Waals surface area (Å²) < 4.78 is 13.1. The molecule has 2 heteroatoms. The van der Waals surface area contributed by atoms with E-state index in [-0.39, 0.29) is 11.9 Å². The average molecular weight is 179 g/mol. The second-order valence-electron chi connectivity index (χ2n) is 3.08. The van der Waals surface area contributed by atoms with Gasteiger partial charge in [0, 0.05) is 17.3 Å². The summed E-state index contributed by atoms with van der Waals surface area (Å²) in [6.45, 7) is 7.38. The van der Waals surface area contributed by atoms with Crippen molar-refractivity contribution in [1.29, 1.82) is 0 Å². The van der Waals surface area contributed by atoms with Gasteiger partial charge in [0.1, 0.15) is 5.82 Å². The molecule has 0 saturated carbocycles. The third-order valence-electron chi connectivity index (χ3n) is 2.00. The molecular formula is C11H14FN. The first-order chi connectivity index (χ1) is 6.15. The molecule has 0 spiro atoms. The molecule has 0 aliphatic heterocycles. The Balaban J connectivity index is 2.88. The van der Waals surface area contributed by atoms with Gasteiger partial charge in [0.25, 0.3) is 0 Å². The lowest BCUT2D eigenvalue weighted by atomic mass is 10.1. The molecule has 1 nitrogen and oxygen atoms in total. The Morgan fingerprint density at radius 2 is 2.23 bits per heavy atom. The van der Waals surface area contributed by atoms with Crippen molar-refractivity contribution < 1.29 is 4.39 Å². The van der Waals surface area contributed by atoms with Gasteiger partial charge in [-0.15, -0.1) is 6.58 Å². The quantitative estimate of drug-likeness (QED) is 0.703. The second-order valence-corrected chi connectivity index (χ2v) is 3.08. The van der Waals surface area contributed by atoms with Crippen LogP contribution in [0, 0.1) is 12.7 Å². The van der Waals surface area contributed by atoms with E-state index in [2.05, 4.69) is 11.9 Å². The van der Waals surface area contributed by atoms with E-state index in [4.69, 9.17) is 0 Å². The summed E-state index contributed by atoms with van der Waals surface area (Å²) in [6, 6.07) is 5.17. The predicted molar refractivity (Wildman–Crippen MR) is 54.4 cm³/mol. The molecule has 0 fully saturated rings. The number of nitrogens with one attached hydrogen (secondary N) is 1. The monoisotopic (exact) mass is 179 g/mol. The van der Waals surface area contributed by atoms with Crippen LogP contribution in [0.3, 0.4) is 0 Å². The first-order valence-corrected chi connectivity index (χ1v) is 4.29. The summed E-state index contributed by atoms with van der Waals surface area (Å²) >= 11 is 0. The fourth-order valence-corrected chi connectivity index (χ4v) is 1.07. The molecule has 0 heterocycles. The highest BCUT2D eigenvalue weighted by molar-refractivity contribution is 5.52. The molecule has 0 saturated heterocycles. The summed E-state index contributed by atoms with van der Waals surface area (Å²) in [6.07, 6.45) is 1.78. The Morgan fingerprint density at radius 3 is 2.85 bits per heavy atom. The summed E-state index contributed by atoms with van der Waals surface area (Å²) in [7, 11) is 0. The topological polar surface area (TPSA) is 12.0 Å². The van der Waals surface area contributed by atoms with Gasteiger partial charge in [-0.25, -0.2) is 4.39 Å². The van der Waals surface area contributed by atoms with Crippen molar-refractivity contribution in [2.75, 3.05) is 5.32 Å². The molecule has 1 N–H and O–H groups in total. The number of anilines is 1. The van der Waals surface area contributed by atoms with Crippen LogP contribution in [0.4, 0.5) is 10.1 Å². The Morgan fingerprint density at radius 1 is 1.54 bits per heavy atom.